The van der Waals surface area contributed by atoms with Gasteiger partial charge in [0.1, 0.15) is 0 Å². The number of nitrogens with zero attached hydrogens (tertiary/aromatic N) is 4. The maximum atomic E-state index is 12.7. The van der Waals surface area contributed by atoms with Crippen LogP contribution in [0.4, 0.5) is 5.95 Å². The first-order valence-corrected chi connectivity index (χ1v) is 8.57. The Labute approximate surface area is 154 Å². The number of aromatic nitrogens is 4. The maximum Gasteiger partial charge on any atom is 0.332 e. The largest absolute Gasteiger partial charge is 0.396 e. The second-order valence-electron chi connectivity index (χ2n) is 6.03. The summed E-state index contributed by atoms with van der Waals surface area (Å²) in [4.78, 5) is 29.4. The highest BCUT2D eigenvalue weighted by molar-refractivity contribution is 6.30. The Morgan fingerprint density at radius 2 is 1.85 bits per heavy atom. The number of nitrogens with one attached hydrogen (secondary N) is 1. The minimum absolute atomic E-state index is 0.0463. The maximum absolute atomic E-state index is 12.7. The van der Waals surface area contributed by atoms with Crippen molar-refractivity contribution in [2.75, 3.05) is 18.5 Å². The Bertz CT molecular complexity index is 1050. The van der Waals surface area contributed by atoms with Crippen molar-refractivity contribution in [3.63, 3.8) is 0 Å². The quantitative estimate of drug-likeness (QED) is 0.623. The second-order valence-corrected chi connectivity index (χ2v) is 6.47. The van der Waals surface area contributed by atoms with Crippen LogP contribution in [0.25, 0.3) is 11.2 Å². The van der Waals surface area contributed by atoms with Gasteiger partial charge in [-0.2, -0.15) is 4.98 Å². The summed E-state index contributed by atoms with van der Waals surface area (Å²) in [5.41, 5.74) is 0.768. The standard InChI is InChI=1S/C17H20ClN5O3/c1-21-14-13(15(25)22(2)17(21)26)23(16(20-14)19-8-3-9-24)10-11-4-6-12(18)7-5-11/h4-7,24H,3,8-10H2,1-2H3,(H,19,20). The average molecular weight is 378 g/mol. The summed E-state index contributed by atoms with van der Waals surface area (Å²) in [6, 6.07) is 7.31. The lowest BCUT2D eigenvalue weighted by atomic mass is 10.2. The van der Waals surface area contributed by atoms with Crippen LogP contribution in [0.15, 0.2) is 33.9 Å². The molecule has 8 nitrogen and oxygen atoms in total. The molecule has 0 fully saturated rings. The molecular weight excluding hydrogens is 358 g/mol. The first-order chi connectivity index (χ1) is 12.4. The van der Waals surface area contributed by atoms with Gasteiger partial charge in [0, 0.05) is 32.3 Å². The van der Waals surface area contributed by atoms with Crippen LogP contribution in [0.2, 0.25) is 5.02 Å². The lowest BCUT2D eigenvalue weighted by Crippen LogP contribution is -2.37. The van der Waals surface area contributed by atoms with Crippen LogP contribution in [-0.4, -0.2) is 36.9 Å². The number of benzene rings is 1. The van der Waals surface area contributed by atoms with Crippen LogP contribution >= 0.6 is 11.6 Å². The molecule has 0 aliphatic heterocycles. The molecule has 0 radical (unpaired) electrons. The van der Waals surface area contributed by atoms with Crippen LogP contribution in [0.3, 0.4) is 0 Å². The van der Waals surface area contributed by atoms with Gasteiger partial charge in [-0.25, -0.2) is 4.79 Å². The minimum Gasteiger partial charge on any atom is -0.396 e. The minimum atomic E-state index is -0.430. The number of aliphatic hydroxyl groups excluding tert-OH is 1. The lowest BCUT2D eigenvalue weighted by Gasteiger charge is -2.11. The molecule has 2 N–H and O–H groups in total. The summed E-state index contributed by atoms with van der Waals surface area (Å²) in [5, 5.41) is 12.8. The van der Waals surface area contributed by atoms with Crippen molar-refractivity contribution < 1.29 is 5.11 Å². The van der Waals surface area contributed by atoms with Gasteiger partial charge < -0.3 is 10.4 Å². The zero-order valence-electron chi connectivity index (χ0n) is 14.6. The number of hydrogen-bond donors (Lipinski definition) is 2. The Morgan fingerprint density at radius 3 is 2.50 bits per heavy atom. The van der Waals surface area contributed by atoms with Gasteiger partial charge in [-0.1, -0.05) is 23.7 Å². The fourth-order valence-electron chi connectivity index (χ4n) is 2.79. The zero-order chi connectivity index (χ0) is 18.8. The Balaban J connectivity index is 2.19. The number of halogens is 1. The Hall–Kier alpha value is -2.58. The summed E-state index contributed by atoms with van der Waals surface area (Å²) >= 11 is 5.94. The van der Waals surface area contributed by atoms with E-state index in [4.69, 9.17) is 16.7 Å². The normalized spacial score (nSPS) is 11.2. The second kappa shape index (κ2) is 7.35. The number of rotatable bonds is 6. The SMILES string of the molecule is Cn1c(=O)c2c(nc(NCCCO)n2Cc2ccc(Cl)cc2)n(C)c1=O. The summed E-state index contributed by atoms with van der Waals surface area (Å²) in [5.74, 6) is 0.474. The fourth-order valence-corrected chi connectivity index (χ4v) is 2.91. The predicted octanol–water partition coefficient (Wildman–Crippen LogP) is 0.930. The highest BCUT2D eigenvalue weighted by Crippen LogP contribution is 2.19. The van der Waals surface area contributed by atoms with Crippen molar-refractivity contribution in [3.8, 4) is 0 Å². The van der Waals surface area contributed by atoms with Crippen molar-refractivity contribution in [1.29, 1.82) is 0 Å². The third-order valence-electron chi connectivity index (χ3n) is 4.22. The molecule has 0 atom stereocenters. The molecule has 1 aromatic carbocycles. The van der Waals surface area contributed by atoms with Crippen LogP contribution in [0.1, 0.15) is 12.0 Å². The molecule has 26 heavy (non-hydrogen) atoms. The van der Waals surface area contributed by atoms with E-state index >= 15 is 0 Å². The number of hydrogen-bond acceptors (Lipinski definition) is 5. The van der Waals surface area contributed by atoms with Gasteiger partial charge in [0.15, 0.2) is 11.2 Å². The van der Waals surface area contributed by atoms with E-state index in [0.717, 1.165) is 10.1 Å². The fraction of sp³-hybridized carbons (Fsp3) is 0.353. The lowest BCUT2D eigenvalue weighted by molar-refractivity contribution is 0.292. The van der Waals surface area contributed by atoms with Gasteiger partial charge in [-0.05, 0) is 24.1 Å². The van der Waals surface area contributed by atoms with Crippen LogP contribution in [-0.2, 0) is 20.6 Å². The highest BCUT2D eigenvalue weighted by atomic mass is 35.5. The molecule has 138 valence electrons. The Kier molecular flexibility index (Phi) is 5.15. The first-order valence-electron chi connectivity index (χ1n) is 8.19. The highest BCUT2D eigenvalue weighted by Gasteiger charge is 2.19. The van der Waals surface area contributed by atoms with E-state index < -0.39 is 11.2 Å². The molecule has 2 heterocycles. The number of aliphatic hydroxyl groups is 1. The molecule has 0 aliphatic carbocycles. The summed E-state index contributed by atoms with van der Waals surface area (Å²) in [6.45, 7) is 0.932. The molecule has 0 bridgehead atoms. The van der Waals surface area contributed by atoms with Crippen LogP contribution in [0.5, 0.6) is 0 Å². The monoisotopic (exact) mass is 377 g/mol. The average Bonchev–Trinajstić information content (AvgIpc) is 2.99. The molecule has 0 unspecified atom stereocenters. The third kappa shape index (κ3) is 3.25. The number of anilines is 1. The molecule has 0 amide bonds. The zero-order valence-corrected chi connectivity index (χ0v) is 15.3. The topological polar surface area (TPSA) is 94.1 Å². The van der Waals surface area contributed by atoms with Gasteiger partial charge in [0.05, 0.1) is 6.54 Å². The molecule has 2 aromatic heterocycles. The van der Waals surface area contributed by atoms with E-state index in [1.54, 1.807) is 23.7 Å². The van der Waals surface area contributed by atoms with Gasteiger partial charge in [-0.15, -0.1) is 0 Å². The van der Waals surface area contributed by atoms with Crippen molar-refractivity contribution in [2.24, 2.45) is 14.1 Å². The third-order valence-corrected chi connectivity index (χ3v) is 4.47. The van der Waals surface area contributed by atoms with E-state index in [9.17, 15) is 9.59 Å². The summed E-state index contributed by atoms with van der Waals surface area (Å²) in [6.07, 6.45) is 0.543. The molecule has 3 rings (SSSR count). The molecule has 0 saturated carbocycles. The van der Waals surface area contributed by atoms with E-state index in [-0.39, 0.29) is 6.61 Å². The van der Waals surface area contributed by atoms with Crippen molar-refractivity contribution in [2.45, 2.75) is 13.0 Å². The first kappa shape index (κ1) is 18.2. The molecular formula is C17H20ClN5O3. The van der Waals surface area contributed by atoms with Crippen LogP contribution < -0.4 is 16.6 Å². The molecule has 3 aromatic rings. The van der Waals surface area contributed by atoms with E-state index in [1.165, 1.54) is 11.6 Å². The number of imidazole rings is 1. The number of fused-ring (bicyclic) bond motifs is 1. The van der Waals surface area contributed by atoms with Gasteiger partial charge in [0.2, 0.25) is 5.95 Å². The summed E-state index contributed by atoms with van der Waals surface area (Å²) < 4.78 is 4.17. The van der Waals surface area contributed by atoms with E-state index in [1.807, 2.05) is 12.1 Å². The molecule has 0 aliphatic rings. The van der Waals surface area contributed by atoms with Crippen LogP contribution in [0, 0.1) is 0 Å². The number of aryl methyl sites for hydroxylation is 1. The molecule has 0 saturated heterocycles. The van der Waals surface area contributed by atoms with Gasteiger partial charge >= 0.3 is 5.69 Å². The Morgan fingerprint density at radius 1 is 1.15 bits per heavy atom. The van der Waals surface area contributed by atoms with Crippen molar-refractivity contribution in [1.82, 2.24) is 18.7 Å². The summed E-state index contributed by atoms with van der Waals surface area (Å²) in [7, 11) is 3.03. The van der Waals surface area contributed by atoms with Gasteiger partial charge in [0.25, 0.3) is 5.56 Å². The van der Waals surface area contributed by atoms with E-state index in [0.29, 0.717) is 41.6 Å². The van der Waals surface area contributed by atoms with E-state index in [2.05, 4.69) is 10.3 Å². The van der Waals surface area contributed by atoms with Crippen molar-refractivity contribution >= 4 is 28.7 Å². The molecule has 0 spiro atoms. The molecule has 9 heteroatoms. The van der Waals surface area contributed by atoms with Crippen molar-refractivity contribution in [3.05, 3.63) is 55.7 Å². The smallest absolute Gasteiger partial charge is 0.332 e. The van der Waals surface area contributed by atoms with Gasteiger partial charge in [-0.3, -0.25) is 18.5 Å². The predicted molar refractivity (Wildman–Crippen MR) is 101 cm³/mol.